The smallest absolute Gasteiger partial charge is 0.0133 e. The Labute approximate surface area is 81.7 Å². The number of likely N-dealkylation sites (tertiary alicyclic amines) is 1. The van der Waals surface area contributed by atoms with Crippen LogP contribution in [0.25, 0.3) is 0 Å². The van der Waals surface area contributed by atoms with Gasteiger partial charge in [-0.3, -0.25) is 0 Å². The second-order valence-corrected chi connectivity index (χ2v) is 5.24. The van der Waals surface area contributed by atoms with Crippen LogP contribution in [0.4, 0.5) is 0 Å². The Kier molecular flexibility index (Phi) is 2.37. The molecule has 0 aromatic carbocycles. The van der Waals surface area contributed by atoms with Gasteiger partial charge in [0.15, 0.2) is 0 Å². The van der Waals surface area contributed by atoms with Gasteiger partial charge in [-0.25, -0.2) is 0 Å². The molecule has 2 nitrogen and oxygen atoms in total. The summed E-state index contributed by atoms with van der Waals surface area (Å²) >= 11 is 0. The van der Waals surface area contributed by atoms with Crippen LogP contribution in [-0.4, -0.2) is 37.1 Å². The van der Waals surface area contributed by atoms with E-state index < -0.39 is 0 Å². The third-order valence-electron chi connectivity index (χ3n) is 3.71. The van der Waals surface area contributed by atoms with Crippen molar-refractivity contribution < 1.29 is 0 Å². The number of piperidine rings is 1. The fourth-order valence-electron chi connectivity index (χ4n) is 2.60. The molecule has 0 aromatic heterocycles. The number of nitrogens with zero attached hydrogens (tertiary/aromatic N) is 1. The van der Waals surface area contributed by atoms with Gasteiger partial charge < -0.3 is 10.2 Å². The van der Waals surface area contributed by atoms with E-state index in [1.807, 2.05) is 0 Å². The number of hydrogen-bond donors (Lipinski definition) is 1. The molecular formula is C11H22N2. The van der Waals surface area contributed by atoms with Crippen LogP contribution in [0.1, 0.15) is 33.1 Å². The lowest BCUT2D eigenvalue weighted by molar-refractivity contribution is 0.195. The van der Waals surface area contributed by atoms with Crippen molar-refractivity contribution in [3.63, 3.8) is 0 Å². The van der Waals surface area contributed by atoms with Crippen molar-refractivity contribution in [1.82, 2.24) is 10.2 Å². The van der Waals surface area contributed by atoms with E-state index in [-0.39, 0.29) is 0 Å². The molecule has 1 N–H and O–H groups in total. The molecule has 0 aromatic rings. The van der Waals surface area contributed by atoms with E-state index in [0.29, 0.717) is 11.5 Å². The van der Waals surface area contributed by atoms with Gasteiger partial charge >= 0.3 is 0 Å². The molecule has 76 valence electrons. The van der Waals surface area contributed by atoms with Crippen molar-refractivity contribution in [3.05, 3.63) is 0 Å². The van der Waals surface area contributed by atoms with Crippen LogP contribution in [0.2, 0.25) is 0 Å². The fourth-order valence-corrected chi connectivity index (χ4v) is 2.60. The lowest BCUT2D eigenvalue weighted by atomic mass is 9.93. The number of rotatable bonds is 2. The molecule has 1 atom stereocenters. The number of hydrogen-bond acceptors (Lipinski definition) is 2. The van der Waals surface area contributed by atoms with Crippen LogP contribution in [0.15, 0.2) is 0 Å². The molecule has 13 heavy (non-hydrogen) atoms. The molecule has 0 amide bonds. The van der Waals surface area contributed by atoms with Gasteiger partial charge in [0.05, 0.1) is 0 Å². The average Bonchev–Trinajstić information content (AvgIpc) is 2.70. The number of nitrogens with one attached hydrogen (secondary N) is 1. The maximum atomic E-state index is 3.67. The van der Waals surface area contributed by atoms with E-state index >= 15 is 0 Å². The van der Waals surface area contributed by atoms with Gasteiger partial charge in [-0.15, -0.1) is 0 Å². The molecule has 1 aliphatic carbocycles. The highest BCUT2D eigenvalue weighted by molar-refractivity contribution is 5.09. The Morgan fingerprint density at radius 3 is 2.46 bits per heavy atom. The van der Waals surface area contributed by atoms with Crippen LogP contribution < -0.4 is 5.32 Å². The summed E-state index contributed by atoms with van der Waals surface area (Å²) < 4.78 is 0. The summed E-state index contributed by atoms with van der Waals surface area (Å²) in [6, 6.07) is 1.49. The molecule has 1 heterocycles. The summed E-state index contributed by atoms with van der Waals surface area (Å²) in [4.78, 5) is 2.45. The van der Waals surface area contributed by atoms with Gasteiger partial charge in [0, 0.05) is 12.1 Å². The zero-order valence-corrected chi connectivity index (χ0v) is 9.14. The van der Waals surface area contributed by atoms with Gasteiger partial charge in [0.2, 0.25) is 0 Å². The highest BCUT2D eigenvalue weighted by Crippen LogP contribution is 2.53. The maximum absolute atomic E-state index is 3.67. The van der Waals surface area contributed by atoms with E-state index in [4.69, 9.17) is 0 Å². The second-order valence-electron chi connectivity index (χ2n) is 5.24. The van der Waals surface area contributed by atoms with Crippen molar-refractivity contribution >= 4 is 0 Å². The Morgan fingerprint density at radius 1 is 1.31 bits per heavy atom. The van der Waals surface area contributed by atoms with Crippen LogP contribution in [0, 0.1) is 5.41 Å². The molecule has 2 rings (SSSR count). The van der Waals surface area contributed by atoms with Crippen molar-refractivity contribution in [2.45, 2.75) is 45.2 Å². The lowest BCUT2D eigenvalue weighted by Gasteiger charge is -2.30. The predicted octanol–water partition coefficient (Wildman–Crippen LogP) is 1.47. The molecule has 2 aliphatic rings. The minimum absolute atomic E-state index is 0.657. The zero-order chi connectivity index (χ0) is 9.47. The first kappa shape index (κ1) is 9.47. The Hall–Kier alpha value is -0.0800. The minimum atomic E-state index is 0.657. The van der Waals surface area contributed by atoms with Gasteiger partial charge in [-0.2, -0.15) is 0 Å². The van der Waals surface area contributed by atoms with E-state index in [9.17, 15) is 0 Å². The van der Waals surface area contributed by atoms with Gasteiger partial charge in [0.1, 0.15) is 0 Å². The van der Waals surface area contributed by atoms with Crippen LogP contribution in [0.5, 0.6) is 0 Å². The van der Waals surface area contributed by atoms with Crippen molar-refractivity contribution in [1.29, 1.82) is 0 Å². The summed E-state index contributed by atoms with van der Waals surface area (Å²) in [5, 5.41) is 3.67. The Balaban J connectivity index is 1.82. The van der Waals surface area contributed by atoms with E-state index in [1.165, 1.54) is 32.4 Å². The largest absolute Gasteiger partial charge is 0.311 e. The third-order valence-corrected chi connectivity index (χ3v) is 3.71. The maximum Gasteiger partial charge on any atom is 0.0133 e. The van der Waals surface area contributed by atoms with Crippen molar-refractivity contribution in [2.75, 3.05) is 20.1 Å². The SMILES string of the molecule is CC(C)NC1CC12CCN(C)CC2. The van der Waals surface area contributed by atoms with Crippen LogP contribution in [0.3, 0.4) is 0 Å². The fraction of sp³-hybridized carbons (Fsp3) is 1.00. The summed E-state index contributed by atoms with van der Waals surface area (Å²) in [6.45, 7) is 7.11. The summed E-state index contributed by atoms with van der Waals surface area (Å²) in [6.07, 6.45) is 4.25. The topological polar surface area (TPSA) is 15.3 Å². The van der Waals surface area contributed by atoms with E-state index in [2.05, 4.69) is 31.1 Å². The first-order chi connectivity index (χ1) is 6.12. The normalized spacial score (nSPS) is 32.8. The molecule has 1 saturated heterocycles. The lowest BCUT2D eigenvalue weighted by Crippen LogP contribution is -2.36. The van der Waals surface area contributed by atoms with E-state index in [1.54, 1.807) is 0 Å². The Morgan fingerprint density at radius 2 is 1.92 bits per heavy atom. The standard InChI is InChI=1S/C11H22N2/c1-9(2)12-10-8-11(10)4-6-13(3)7-5-11/h9-10,12H,4-8H2,1-3H3. The monoisotopic (exact) mass is 182 g/mol. The third kappa shape index (κ3) is 1.89. The molecule has 1 unspecified atom stereocenters. The molecule has 1 saturated carbocycles. The summed E-state index contributed by atoms with van der Waals surface area (Å²) in [5.74, 6) is 0. The molecule has 1 spiro atoms. The first-order valence-electron chi connectivity index (χ1n) is 5.57. The predicted molar refractivity (Wildman–Crippen MR) is 55.8 cm³/mol. The molecule has 0 bridgehead atoms. The highest BCUT2D eigenvalue weighted by atomic mass is 15.1. The van der Waals surface area contributed by atoms with Gasteiger partial charge in [-0.1, -0.05) is 13.8 Å². The Bertz CT molecular complexity index is 181. The molecule has 0 radical (unpaired) electrons. The summed E-state index contributed by atoms with van der Waals surface area (Å²) in [7, 11) is 2.24. The van der Waals surface area contributed by atoms with Gasteiger partial charge in [0.25, 0.3) is 0 Å². The average molecular weight is 182 g/mol. The van der Waals surface area contributed by atoms with E-state index in [0.717, 1.165) is 6.04 Å². The van der Waals surface area contributed by atoms with Crippen molar-refractivity contribution in [2.24, 2.45) is 5.41 Å². The molecule has 2 fully saturated rings. The molecular weight excluding hydrogens is 160 g/mol. The van der Waals surface area contributed by atoms with Crippen molar-refractivity contribution in [3.8, 4) is 0 Å². The second kappa shape index (κ2) is 3.25. The zero-order valence-electron chi connectivity index (χ0n) is 9.14. The van der Waals surface area contributed by atoms with Crippen LogP contribution >= 0.6 is 0 Å². The summed E-state index contributed by atoms with van der Waals surface area (Å²) in [5.41, 5.74) is 0.705. The van der Waals surface area contributed by atoms with Crippen LogP contribution in [-0.2, 0) is 0 Å². The minimum Gasteiger partial charge on any atom is -0.311 e. The molecule has 2 heteroatoms. The quantitative estimate of drug-likeness (QED) is 0.695. The highest BCUT2D eigenvalue weighted by Gasteiger charge is 2.54. The van der Waals surface area contributed by atoms with Gasteiger partial charge in [-0.05, 0) is 44.8 Å². The molecule has 1 aliphatic heterocycles. The first-order valence-corrected chi connectivity index (χ1v) is 5.57.